The quantitative estimate of drug-likeness (QED) is 0.219. The lowest BCUT2D eigenvalue weighted by Gasteiger charge is -2.34. The van der Waals surface area contributed by atoms with Gasteiger partial charge in [-0.15, -0.1) is 11.3 Å². The van der Waals surface area contributed by atoms with Crippen molar-refractivity contribution in [1.29, 1.82) is 0 Å². The molecule has 14 heteroatoms. The maximum Gasteiger partial charge on any atom is 0.321 e. The van der Waals surface area contributed by atoms with E-state index in [-0.39, 0.29) is 43.1 Å². The molecule has 0 spiro atoms. The Bertz CT molecular complexity index is 1590. The molecule has 12 nitrogen and oxygen atoms in total. The minimum Gasteiger partial charge on any atom is -0.440 e. The Labute approximate surface area is 274 Å². The van der Waals surface area contributed by atoms with Crippen LogP contribution in [0.15, 0.2) is 57.4 Å². The van der Waals surface area contributed by atoms with Crippen molar-refractivity contribution in [2.75, 3.05) is 26.2 Å². The van der Waals surface area contributed by atoms with E-state index in [9.17, 15) is 27.9 Å². The molecular weight excluding hydrogens is 631 g/mol. The van der Waals surface area contributed by atoms with Gasteiger partial charge in [-0.3, -0.25) is 9.59 Å². The second-order valence-electron chi connectivity index (χ2n) is 12.3. The van der Waals surface area contributed by atoms with Crippen molar-refractivity contribution in [3.63, 3.8) is 0 Å². The van der Waals surface area contributed by atoms with Crippen LogP contribution in [0.25, 0.3) is 0 Å². The highest BCUT2D eigenvalue weighted by atomic mass is 32.2. The van der Waals surface area contributed by atoms with Crippen molar-refractivity contribution >= 4 is 39.6 Å². The summed E-state index contributed by atoms with van der Waals surface area (Å²) in [4.78, 5) is 46.3. The number of rotatable bonds is 16. The normalized spacial score (nSPS) is 16.0. The van der Waals surface area contributed by atoms with Crippen LogP contribution >= 0.6 is 11.3 Å². The van der Waals surface area contributed by atoms with Gasteiger partial charge in [-0.2, -0.15) is 4.31 Å². The number of amides is 3. The van der Waals surface area contributed by atoms with E-state index in [1.165, 1.54) is 23.5 Å². The van der Waals surface area contributed by atoms with Crippen LogP contribution in [0.5, 0.6) is 0 Å². The van der Waals surface area contributed by atoms with E-state index in [2.05, 4.69) is 10.3 Å². The number of sulfonamides is 1. The summed E-state index contributed by atoms with van der Waals surface area (Å²) in [6.07, 6.45) is -0.695. The van der Waals surface area contributed by atoms with E-state index in [1.54, 1.807) is 9.80 Å². The van der Waals surface area contributed by atoms with E-state index < -0.39 is 39.2 Å². The molecule has 1 aliphatic heterocycles. The first-order chi connectivity index (χ1) is 21.8. The molecule has 0 aliphatic carbocycles. The van der Waals surface area contributed by atoms with Crippen LogP contribution in [-0.4, -0.2) is 95.2 Å². The lowest BCUT2D eigenvalue weighted by molar-refractivity contribution is -0.128. The first-order valence-electron chi connectivity index (χ1n) is 15.3. The molecule has 3 heterocycles. The highest BCUT2D eigenvalue weighted by Crippen LogP contribution is 2.23. The van der Waals surface area contributed by atoms with Crippen LogP contribution in [0.3, 0.4) is 0 Å². The minimum atomic E-state index is -4.22. The lowest BCUT2D eigenvalue weighted by atomic mass is 9.97. The van der Waals surface area contributed by atoms with Gasteiger partial charge in [0.1, 0.15) is 6.04 Å². The maximum atomic E-state index is 14.0. The van der Waals surface area contributed by atoms with Crippen LogP contribution in [0, 0.1) is 18.8 Å². The fourth-order valence-electron chi connectivity index (χ4n) is 5.58. The molecule has 1 saturated heterocycles. The second-order valence-corrected chi connectivity index (χ2v) is 15.2. The minimum absolute atomic E-state index is 0.0633. The van der Waals surface area contributed by atoms with Gasteiger partial charge < -0.3 is 24.6 Å². The largest absolute Gasteiger partial charge is 0.440 e. The molecule has 0 bridgehead atoms. The van der Waals surface area contributed by atoms with E-state index in [4.69, 9.17) is 4.42 Å². The van der Waals surface area contributed by atoms with E-state index >= 15 is 0 Å². The van der Waals surface area contributed by atoms with Crippen molar-refractivity contribution in [2.24, 2.45) is 11.8 Å². The summed E-state index contributed by atoms with van der Waals surface area (Å²) in [5.74, 6) is -0.917. The van der Waals surface area contributed by atoms with Crippen LogP contribution < -0.4 is 5.32 Å². The molecule has 2 aromatic heterocycles. The van der Waals surface area contributed by atoms with Crippen molar-refractivity contribution in [3.05, 3.63) is 69.9 Å². The van der Waals surface area contributed by atoms with Gasteiger partial charge in [0.15, 0.2) is 12.0 Å². The monoisotopic (exact) mass is 673 g/mol. The van der Waals surface area contributed by atoms with Crippen LogP contribution in [0.2, 0.25) is 0 Å². The molecule has 0 unspecified atom stereocenters. The zero-order valence-corrected chi connectivity index (χ0v) is 28.5. The Morgan fingerprint density at radius 3 is 2.43 bits per heavy atom. The third-order valence-electron chi connectivity index (χ3n) is 7.74. The number of nitrogens with one attached hydrogen (secondary N) is 1. The average Bonchev–Trinajstić information content (AvgIpc) is 3.74. The Balaban J connectivity index is 1.56. The fraction of sp³-hybridized carbons (Fsp3) is 0.500. The number of aromatic nitrogens is 1. The van der Waals surface area contributed by atoms with Gasteiger partial charge in [-0.25, -0.2) is 18.2 Å². The Morgan fingerprint density at radius 2 is 1.85 bits per heavy atom. The first kappa shape index (κ1) is 35.3. The van der Waals surface area contributed by atoms with Gasteiger partial charge in [0.05, 0.1) is 29.4 Å². The molecule has 2 N–H and O–H groups in total. The number of carbonyl (C=O) groups excluding carboxylic acids is 3. The predicted molar refractivity (Wildman–Crippen MR) is 174 cm³/mol. The number of carbonyl (C=O) groups is 3. The number of thiazole rings is 1. The molecule has 3 atom stereocenters. The molecule has 0 radical (unpaired) electrons. The summed E-state index contributed by atoms with van der Waals surface area (Å²) in [5, 5.41) is 17.0. The van der Waals surface area contributed by atoms with Crippen LogP contribution in [0.4, 0.5) is 4.79 Å². The number of aryl methyl sites for hydroxylation is 1. The van der Waals surface area contributed by atoms with E-state index in [1.807, 2.05) is 70.3 Å². The number of benzene rings is 1. The number of nitrogens with zero attached hydrogens (tertiary/aromatic N) is 4. The van der Waals surface area contributed by atoms with Crippen LogP contribution in [-0.2, 0) is 27.8 Å². The first-order valence-corrected chi connectivity index (χ1v) is 17.7. The van der Waals surface area contributed by atoms with Gasteiger partial charge in [0.25, 0.3) is 10.0 Å². The van der Waals surface area contributed by atoms with Crippen molar-refractivity contribution in [2.45, 2.75) is 70.9 Å². The molecule has 3 amide bonds. The molecule has 0 saturated carbocycles. The Kier molecular flexibility index (Phi) is 11.8. The summed E-state index contributed by atoms with van der Waals surface area (Å²) in [7, 11) is -4.22. The highest BCUT2D eigenvalue weighted by molar-refractivity contribution is 7.89. The third-order valence-corrected chi connectivity index (χ3v) is 10.3. The number of aldehydes is 1. The maximum absolute atomic E-state index is 14.0. The molecule has 46 heavy (non-hydrogen) atoms. The number of hydrogen-bond acceptors (Lipinski definition) is 9. The molecule has 250 valence electrons. The molecule has 1 fully saturated rings. The second kappa shape index (κ2) is 15.3. The molecule has 1 aromatic carbocycles. The van der Waals surface area contributed by atoms with E-state index in [0.717, 1.165) is 20.6 Å². The van der Waals surface area contributed by atoms with Gasteiger partial charge in [-0.1, -0.05) is 58.0 Å². The summed E-state index contributed by atoms with van der Waals surface area (Å²) < 4.78 is 33.5. The molecule has 3 aromatic rings. The number of hydrogen-bond donors (Lipinski definition) is 2. The number of aliphatic hydroxyl groups excluding tert-OH is 1. The lowest BCUT2D eigenvalue weighted by Crippen LogP contribution is -2.57. The van der Waals surface area contributed by atoms with Gasteiger partial charge in [0, 0.05) is 31.6 Å². The number of urea groups is 1. The summed E-state index contributed by atoms with van der Waals surface area (Å²) >= 11 is 1.51. The summed E-state index contributed by atoms with van der Waals surface area (Å²) in [5.41, 5.74) is 1.63. The fourth-order valence-corrected chi connectivity index (χ4v) is 7.73. The van der Waals surface area contributed by atoms with Crippen molar-refractivity contribution in [3.8, 4) is 0 Å². The van der Waals surface area contributed by atoms with Gasteiger partial charge >= 0.3 is 6.03 Å². The standard InChI is InChI=1S/C32H43N5O7S2/c1-21(2)16-36(46(42,43)29-12-11-26(19-38)44-29)18-28(39)27(15-24-9-7-6-8-10-24)34-31(40)30(22(3)4)37-14-13-35(32(37)41)17-25-20-45-23(5)33-25/h6-12,19-22,27-28,30,39H,13-18H2,1-5H3,(H,34,40)/t27-,28-,30-/m0/s1. The topological polar surface area (TPSA) is 153 Å². The van der Waals surface area contributed by atoms with Crippen LogP contribution in [0.1, 0.15) is 54.5 Å². The van der Waals surface area contributed by atoms with Gasteiger partial charge in [0.2, 0.25) is 11.0 Å². The SMILES string of the molecule is Cc1nc(CN2CCN([C@H](C(=O)N[C@@H](Cc3ccccc3)[C@@H](O)CN(CC(C)C)S(=O)(=O)c3ccc(C=O)o3)C(C)C)C2=O)cs1. The Hall–Kier alpha value is -3.59. The highest BCUT2D eigenvalue weighted by Gasteiger charge is 2.41. The summed E-state index contributed by atoms with van der Waals surface area (Å²) in [6.45, 7) is 10.2. The predicted octanol–water partition coefficient (Wildman–Crippen LogP) is 3.55. The average molecular weight is 674 g/mol. The molecular formula is C32H43N5O7S2. The zero-order chi connectivity index (χ0) is 33.6. The van der Waals surface area contributed by atoms with Gasteiger partial charge in [-0.05, 0) is 42.9 Å². The zero-order valence-electron chi connectivity index (χ0n) is 26.8. The smallest absolute Gasteiger partial charge is 0.321 e. The Morgan fingerprint density at radius 1 is 1.13 bits per heavy atom. The summed E-state index contributed by atoms with van der Waals surface area (Å²) in [6, 6.07) is 9.77. The number of furan rings is 1. The number of aliphatic hydroxyl groups is 1. The van der Waals surface area contributed by atoms with E-state index in [0.29, 0.717) is 25.9 Å². The van der Waals surface area contributed by atoms with Crippen molar-refractivity contribution in [1.82, 2.24) is 24.4 Å². The molecule has 1 aliphatic rings. The van der Waals surface area contributed by atoms with Crippen molar-refractivity contribution < 1.29 is 32.3 Å². The third kappa shape index (κ3) is 8.60. The molecule has 4 rings (SSSR count).